The molecular formula is C27H33N5O2S. The number of ether oxygens (including phenoxy) is 1. The summed E-state index contributed by atoms with van der Waals surface area (Å²) in [6, 6.07) is 16.7. The van der Waals surface area contributed by atoms with Gasteiger partial charge in [-0.2, -0.15) is 0 Å². The van der Waals surface area contributed by atoms with Crippen molar-refractivity contribution >= 4 is 29.0 Å². The largest absolute Gasteiger partial charge is 0.497 e. The third kappa shape index (κ3) is 5.17. The summed E-state index contributed by atoms with van der Waals surface area (Å²) < 4.78 is 7.63. The van der Waals surface area contributed by atoms with Gasteiger partial charge in [0.15, 0.2) is 11.0 Å². The third-order valence-electron chi connectivity index (χ3n) is 7.00. The minimum absolute atomic E-state index is 0.127. The number of benzene rings is 2. The van der Waals surface area contributed by atoms with Crippen LogP contribution in [0.2, 0.25) is 0 Å². The number of amides is 1. The van der Waals surface area contributed by atoms with Gasteiger partial charge in [-0.05, 0) is 49.9 Å². The summed E-state index contributed by atoms with van der Waals surface area (Å²) in [6.45, 7) is 2.69. The molecule has 184 valence electrons. The van der Waals surface area contributed by atoms with E-state index in [9.17, 15) is 4.79 Å². The molecule has 0 radical (unpaired) electrons. The summed E-state index contributed by atoms with van der Waals surface area (Å²) >= 11 is 1.51. The zero-order chi connectivity index (χ0) is 24.2. The molecule has 1 fully saturated rings. The first-order valence-corrected chi connectivity index (χ1v) is 13.5. The Morgan fingerprint density at radius 2 is 1.94 bits per heavy atom. The van der Waals surface area contributed by atoms with Crippen molar-refractivity contribution in [1.82, 2.24) is 14.8 Å². The molecule has 1 aliphatic heterocycles. The number of hydrogen-bond donors (Lipinski definition) is 1. The number of carbonyl (C=O) groups is 1. The van der Waals surface area contributed by atoms with Gasteiger partial charge in [-0.15, -0.1) is 10.2 Å². The van der Waals surface area contributed by atoms with Crippen molar-refractivity contribution in [2.45, 2.75) is 69.2 Å². The number of anilines is 2. The molecule has 0 saturated heterocycles. The van der Waals surface area contributed by atoms with E-state index in [2.05, 4.69) is 33.1 Å². The van der Waals surface area contributed by atoms with Crippen molar-refractivity contribution in [1.29, 1.82) is 0 Å². The first-order valence-electron chi connectivity index (χ1n) is 12.5. The Balaban J connectivity index is 1.32. The van der Waals surface area contributed by atoms with Gasteiger partial charge in [0.1, 0.15) is 5.75 Å². The Kier molecular flexibility index (Phi) is 7.27. The van der Waals surface area contributed by atoms with Gasteiger partial charge in [-0.3, -0.25) is 4.79 Å². The smallest absolute Gasteiger partial charge is 0.237 e. The van der Waals surface area contributed by atoms with Gasteiger partial charge < -0.3 is 19.5 Å². The van der Waals surface area contributed by atoms with Gasteiger partial charge in [0, 0.05) is 29.5 Å². The molecule has 5 rings (SSSR count). The topological polar surface area (TPSA) is 72.3 Å². The molecule has 2 aromatic carbocycles. The van der Waals surface area contributed by atoms with Crippen LogP contribution < -0.4 is 15.0 Å². The summed E-state index contributed by atoms with van der Waals surface area (Å²) in [7, 11) is 1.67. The van der Waals surface area contributed by atoms with E-state index in [1.54, 1.807) is 7.11 Å². The number of nitrogens with zero attached hydrogens (tertiary/aromatic N) is 4. The van der Waals surface area contributed by atoms with E-state index in [0.29, 0.717) is 18.3 Å². The Hall–Kier alpha value is -3.00. The number of thioether (sulfide) groups is 1. The normalized spacial score (nSPS) is 17.9. The number of fused-ring (bicyclic) bond motifs is 1. The number of methoxy groups -OCH3 is 1. The summed E-state index contributed by atoms with van der Waals surface area (Å²) in [6.07, 6.45) is 6.88. The molecule has 1 aliphatic carbocycles. The van der Waals surface area contributed by atoms with Crippen molar-refractivity contribution in [3.05, 3.63) is 59.9 Å². The fourth-order valence-corrected chi connectivity index (χ4v) is 6.17. The van der Waals surface area contributed by atoms with Crippen LogP contribution in [-0.4, -0.2) is 39.6 Å². The molecule has 3 aromatic rings. The van der Waals surface area contributed by atoms with Crippen LogP contribution in [-0.2, 0) is 17.8 Å². The van der Waals surface area contributed by atoms with Gasteiger partial charge in [0.2, 0.25) is 5.91 Å². The molecule has 0 unspecified atom stereocenters. The molecule has 35 heavy (non-hydrogen) atoms. The Morgan fingerprint density at radius 1 is 1.11 bits per heavy atom. The van der Waals surface area contributed by atoms with Crippen LogP contribution in [0.15, 0.2) is 53.7 Å². The molecule has 0 bridgehead atoms. The average molecular weight is 492 g/mol. The molecule has 1 N–H and O–H groups in total. The van der Waals surface area contributed by atoms with Crippen molar-refractivity contribution in [2.75, 3.05) is 23.1 Å². The summed E-state index contributed by atoms with van der Waals surface area (Å²) in [5, 5.41) is 13.4. The van der Waals surface area contributed by atoms with Crippen LogP contribution in [0.5, 0.6) is 5.75 Å². The van der Waals surface area contributed by atoms with E-state index in [1.807, 2.05) is 47.4 Å². The predicted octanol–water partition coefficient (Wildman–Crippen LogP) is 5.47. The van der Waals surface area contributed by atoms with Gasteiger partial charge in [0.25, 0.3) is 0 Å². The minimum Gasteiger partial charge on any atom is -0.497 e. The van der Waals surface area contributed by atoms with Gasteiger partial charge in [0.05, 0.1) is 19.4 Å². The van der Waals surface area contributed by atoms with E-state index < -0.39 is 0 Å². The first kappa shape index (κ1) is 23.7. The van der Waals surface area contributed by atoms with E-state index in [-0.39, 0.29) is 11.9 Å². The Morgan fingerprint density at radius 3 is 2.77 bits per heavy atom. The molecular weight excluding hydrogens is 458 g/mol. The predicted molar refractivity (Wildman–Crippen MR) is 140 cm³/mol. The van der Waals surface area contributed by atoms with Crippen molar-refractivity contribution in [3.8, 4) is 5.75 Å². The number of aromatic nitrogens is 3. The van der Waals surface area contributed by atoms with Crippen LogP contribution in [0.4, 0.5) is 11.4 Å². The third-order valence-corrected chi connectivity index (χ3v) is 7.92. The van der Waals surface area contributed by atoms with Crippen LogP contribution >= 0.6 is 11.8 Å². The highest BCUT2D eigenvalue weighted by molar-refractivity contribution is 7.99. The maximum atomic E-state index is 13.3. The van der Waals surface area contributed by atoms with Gasteiger partial charge >= 0.3 is 0 Å². The molecule has 2 heterocycles. The molecule has 1 aromatic heterocycles. The summed E-state index contributed by atoms with van der Waals surface area (Å²) in [5.74, 6) is 2.21. The number of nitrogens with one attached hydrogen (secondary N) is 1. The number of para-hydroxylation sites is 1. The highest BCUT2D eigenvalue weighted by Crippen LogP contribution is 2.35. The molecule has 1 atom stereocenters. The zero-order valence-corrected chi connectivity index (χ0v) is 21.3. The second kappa shape index (κ2) is 10.7. The Bertz CT molecular complexity index is 1170. The van der Waals surface area contributed by atoms with Gasteiger partial charge in [-0.25, -0.2) is 0 Å². The average Bonchev–Trinajstić information content (AvgIpc) is 3.46. The highest BCUT2D eigenvalue weighted by atomic mass is 32.2. The van der Waals surface area contributed by atoms with Gasteiger partial charge in [-0.1, -0.05) is 55.3 Å². The van der Waals surface area contributed by atoms with Crippen LogP contribution in [0.25, 0.3) is 0 Å². The maximum Gasteiger partial charge on any atom is 0.237 e. The summed E-state index contributed by atoms with van der Waals surface area (Å²) in [5.41, 5.74) is 3.27. The maximum absolute atomic E-state index is 13.3. The second-order valence-electron chi connectivity index (χ2n) is 9.38. The molecule has 1 amide bonds. The van der Waals surface area contributed by atoms with E-state index in [4.69, 9.17) is 4.74 Å². The standard InChI is InChI=1S/C27H33N5O2S/c1-19-15-20-9-6-7-14-24(20)31(19)26(33)18-35-27-30-29-25(32(27)22-11-4-3-5-12-22)17-28-21-10-8-13-23(16-21)34-2/h6-10,13-14,16,19,22,28H,3-5,11-12,15,17-18H2,1-2H3/t19-/m1/s1. The molecule has 2 aliphatic rings. The van der Waals surface area contributed by atoms with Crippen molar-refractivity contribution in [3.63, 3.8) is 0 Å². The number of rotatable bonds is 8. The number of carbonyl (C=O) groups excluding carboxylic acids is 1. The minimum atomic E-state index is 0.127. The fraction of sp³-hybridized carbons (Fsp3) is 0.444. The lowest BCUT2D eigenvalue weighted by atomic mass is 9.95. The Labute approximate surface area is 211 Å². The molecule has 1 saturated carbocycles. The van der Waals surface area contributed by atoms with E-state index in [0.717, 1.165) is 47.4 Å². The van der Waals surface area contributed by atoms with E-state index >= 15 is 0 Å². The lowest BCUT2D eigenvalue weighted by Crippen LogP contribution is -2.37. The first-order chi connectivity index (χ1) is 17.1. The monoisotopic (exact) mass is 491 g/mol. The lowest BCUT2D eigenvalue weighted by Gasteiger charge is -2.26. The number of hydrogen-bond acceptors (Lipinski definition) is 6. The zero-order valence-electron chi connectivity index (χ0n) is 20.4. The van der Waals surface area contributed by atoms with E-state index in [1.165, 1.54) is 36.6 Å². The van der Waals surface area contributed by atoms with Crippen molar-refractivity contribution in [2.24, 2.45) is 0 Å². The quantitative estimate of drug-likeness (QED) is 0.421. The lowest BCUT2D eigenvalue weighted by molar-refractivity contribution is -0.116. The summed E-state index contributed by atoms with van der Waals surface area (Å²) in [4.78, 5) is 15.2. The molecule has 0 spiro atoms. The molecule has 7 nitrogen and oxygen atoms in total. The SMILES string of the molecule is COc1cccc(NCc2nnc(SCC(=O)N3c4ccccc4C[C@H]3C)n2C2CCCCC2)c1. The van der Waals surface area contributed by atoms with Crippen LogP contribution in [0.1, 0.15) is 56.5 Å². The fourth-order valence-electron chi connectivity index (χ4n) is 5.29. The van der Waals surface area contributed by atoms with Crippen molar-refractivity contribution < 1.29 is 9.53 Å². The van der Waals surface area contributed by atoms with Crippen LogP contribution in [0, 0.1) is 0 Å². The molecule has 8 heteroatoms. The highest BCUT2D eigenvalue weighted by Gasteiger charge is 2.31. The van der Waals surface area contributed by atoms with Crippen LogP contribution in [0.3, 0.4) is 0 Å². The second-order valence-corrected chi connectivity index (χ2v) is 10.3.